The number of amides is 1. The summed E-state index contributed by atoms with van der Waals surface area (Å²) in [6.07, 6.45) is 0.957. The highest BCUT2D eigenvalue weighted by atomic mass is 32.2. The molecule has 2 aromatic carbocycles. The van der Waals surface area contributed by atoms with Crippen LogP contribution in [0.4, 0.5) is 11.4 Å². The summed E-state index contributed by atoms with van der Waals surface area (Å²) in [5, 5.41) is 13.8. The van der Waals surface area contributed by atoms with Gasteiger partial charge < -0.3 is 5.32 Å². The van der Waals surface area contributed by atoms with Crippen LogP contribution < -0.4 is 9.62 Å². The maximum atomic E-state index is 12.7. The quantitative estimate of drug-likeness (QED) is 0.563. The summed E-state index contributed by atoms with van der Waals surface area (Å²) in [5.41, 5.74) is 1.77. The molecule has 9 heteroatoms. The Labute approximate surface area is 164 Å². The summed E-state index contributed by atoms with van der Waals surface area (Å²) < 4.78 is 25.5. The van der Waals surface area contributed by atoms with Gasteiger partial charge in [-0.25, -0.2) is 8.42 Å². The second kappa shape index (κ2) is 8.39. The molecule has 0 fully saturated rings. The Hall–Kier alpha value is -2.94. The highest BCUT2D eigenvalue weighted by molar-refractivity contribution is 7.92. The van der Waals surface area contributed by atoms with Crippen LogP contribution in [0.2, 0.25) is 0 Å². The highest BCUT2D eigenvalue weighted by Crippen LogP contribution is 2.25. The summed E-state index contributed by atoms with van der Waals surface area (Å²) in [4.78, 5) is 23.1. The zero-order chi connectivity index (χ0) is 21.1. The first-order valence-corrected chi connectivity index (χ1v) is 10.5. The molecule has 2 atom stereocenters. The fourth-order valence-electron chi connectivity index (χ4n) is 2.82. The number of non-ortho nitro benzene ring substituents is 1. The maximum Gasteiger partial charge on any atom is 0.271 e. The maximum absolute atomic E-state index is 12.7. The van der Waals surface area contributed by atoms with Gasteiger partial charge in [0.1, 0.15) is 6.04 Å². The predicted octanol–water partition coefficient (Wildman–Crippen LogP) is 2.94. The lowest BCUT2D eigenvalue weighted by Crippen LogP contribution is -2.48. The molecular formula is C19H23N3O5S. The van der Waals surface area contributed by atoms with E-state index in [4.69, 9.17) is 0 Å². The summed E-state index contributed by atoms with van der Waals surface area (Å²) >= 11 is 0. The van der Waals surface area contributed by atoms with Gasteiger partial charge in [-0.1, -0.05) is 35.9 Å². The smallest absolute Gasteiger partial charge is 0.271 e. The lowest BCUT2D eigenvalue weighted by molar-refractivity contribution is -0.384. The van der Waals surface area contributed by atoms with Crippen LogP contribution in [0, 0.1) is 17.0 Å². The fraction of sp³-hybridized carbons (Fsp3) is 0.316. The molecule has 1 N–H and O–H groups in total. The molecule has 2 rings (SSSR count). The van der Waals surface area contributed by atoms with Gasteiger partial charge in [0.15, 0.2) is 0 Å². The van der Waals surface area contributed by atoms with Crippen molar-refractivity contribution in [2.45, 2.75) is 32.9 Å². The molecule has 0 bridgehead atoms. The number of hydrogen-bond acceptors (Lipinski definition) is 5. The summed E-state index contributed by atoms with van der Waals surface area (Å²) in [7, 11) is -3.86. The normalized spacial score (nSPS) is 13.4. The minimum absolute atomic E-state index is 0.0577. The SMILES string of the molecule is Cc1ccc([C@@H](C)NC(=O)[C@@H](C)N(c2cccc([N+](=O)[O-])c2)S(C)(=O)=O)cc1. The Morgan fingerprint density at radius 2 is 1.75 bits per heavy atom. The van der Waals surface area contributed by atoms with Gasteiger partial charge in [0, 0.05) is 12.1 Å². The van der Waals surface area contributed by atoms with Crippen LogP contribution in [0.15, 0.2) is 48.5 Å². The topological polar surface area (TPSA) is 110 Å². The average Bonchev–Trinajstić information content (AvgIpc) is 2.61. The van der Waals surface area contributed by atoms with Crippen LogP contribution in [0.1, 0.15) is 31.0 Å². The molecule has 0 saturated carbocycles. The zero-order valence-electron chi connectivity index (χ0n) is 16.1. The Morgan fingerprint density at radius 3 is 2.29 bits per heavy atom. The van der Waals surface area contributed by atoms with Crippen molar-refractivity contribution in [1.82, 2.24) is 5.32 Å². The fourth-order valence-corrected chi connectivity index (χ4v) is 3.99. The van der Waals surface area contributed by atoms with E-state index in [0.717, 1.165) is 27.8 Å². The predicted molar refractivity (Wildman–Crippen MR) is 108 cm³/mol. The average molecular weight is 405 g/mol. The van der Waals surface area contributed by atoms with Crippen molar-refractivity contribution < 1.29 is 18.1 Å². The Bertz CT molecular complexity index is 973. The number of nitrogens with zero attached hydrogens (tertiary/aromatic N) is 2. The standard InChI is InChI=1S/C19H23N3O5S/c1-13-8-10-16(11-9-13)14(2)20-19(23)15(3)21(28(4,26)27)17-6-5-7-18(12-17)22(24)25/h5-12,14-15H,1-4H3,(H,20,23)/t14-,15-/m1/s1. The van der Waals surface area contributed by atoms with Crippen LogP contribution in [0.5, 0.6) is 0 Å². The van der Waals surface area contributed by atoms with Crippen LogP contribution >= 0.6 is 0 Å². The van der Waals surface area contributed by atoms with Crippen molar-refractivity contribution in [1.29, 1.82) is 0 Å². The molecule has 0 aliphatic rings. The molecule has 0 radical (unpaired) electrons. The van der Waals surface area contributed by atoms with E-state index in [1.165, 1.54) is 25.1 Å². The van der Waals surface area contributed by atoms with Crippen molar-refractivity contribution in [2.75, 3.05) is 10.6 Å². The van der Waals surface area contributed by atoms with Crippen LogP contribution in [0.3, 0.4) is 0 Å². The molecule has 0 spiro atoms. The van der Waals surface area contributed by atoms with Gasteiger partial charge in [-0.15, -0.1) is 0 Å². The highest BCUT2D eigenvalue weighted by Gasteiger charge is 2.30. The molecule has 0 aliphatic carbocycles. The van der Waals surface area contributed by atoms with E-state index in [1.54, 1.807) is 6.92 Å². The van der Waals surface area contributed by atoms with Gasteiger partial charge in [0.05, 0.1) is 22.9 Å². The Balaban J connectivity index is 2.29. The molecule has 0 aromatic heterocycles. The number of sulfonamides is 1. The first kappa shape index (κ1) is 21.4. The number of nitrogens with one attached hydrogen (secondary N) is 1. The van der Waals surface area contributed by atoms with Crippen molar-refractivity contribution in [2.24, 2.45) is 0 Å². The summed E-state index contributed by atoms with van der Waals surface area (Å²) in [5.74, 6) is -0.509. The van der Waals surface area contributed by atoms with E-state index in [0.29, 0.717) is 0 Å². The minimum Gasteiger partial charge on any atom is -0.348 e. The number of anilines is 1. The molecular weight excluding hydrogens is 382 g/mol. The zero-order valence-corrected chi connectivity index (χ0v) is 16.9. The van der Waals surface area contributed by atoms with Gasteiger partial charge in [-0.2, -0.15) is 0 Å². The van der Waals surface area contributed by atoms with Gasteiger partial charge in [-0.05, 0) is 32.4 Å². The monoisotopic (exact) mass is 405 g/mol. The molecule has 1 amide bonds. The third-order valence-corrected chi connectivity index (χ3v) is 5.56. The molecule has 28 heavy (non-hydrogen) atoms. The van der Waals surface area contributed by atoms with Crippen LogP contribution in [-0.4, -0.2) is 31.5 Å². The second-order valence-electron chi connectivity index (χ2n) is 6.65. The number of carbonyl (C=O) groups excluding carboxylic acids is 1. The Kier molecular flexibility index (Phi) is 6.40. The first-order chi connectivity index (χ1) is 13.0. The summed E-state index contributed by atoms with van der Waals surface area (Å²) in [6, 6.07) is 11.4. The van der Waals surface area contributed by atoms with Gasteiger partial charge >= 0.3 is 0 Å². The van der Waals surface area contributed by atoms with E-state index in [2.05, 4.69) is 5.32 Å². The first-order valence-electron chi connectivity index (χ1n) is 8.61. The minimum atomic E-state index is -3.86. The van der Waals surface area contributed by atoms with E-state index in [-0.39, 0.29) is 17.4 Å². The second-order valence-corrected chi connectivity index (χ2v) is 8.51. The number of rotatable bonds is 7. The molecule has 0 unspecified atom stereocenters. The number of aryl methyl sites for hydroxylation is 1. The number of nitro benzene ring substituents is 1. The number of carbonyl (C=O) groups is 1. The number of benzene rings is 2. The van der Waals surface area contributed by atoms with Crippen LogP contribution in [0.25, 0.3) is 0 Å². The summed E-state index contributed by atoms with van der Waals surface area (Å²) in [6.45, 7) is 5.20. The van der Waals surface area contributed by atoms with Crippen molar-refractivity contribution in [3.63, 3.8) is 0 Å². The molecule has 0 aliphatic heterocycles. The molecule has 8 nitrogen and oxygen atoms in total. The van der Waals surface area contributed by atoms with Gasteiger partial charge in [0.2, 0.25) is 15.9 Å². The van der Waals surface area contributed by atoms with Crippen LogP contribution in [-0.2, 0) is 14.8 Å². The van der Waals surface area contributed by atoms with Gasteiger partial charge in [-0.3, -0.25) is 19.2 Å². The number of hydrogen-bond donors (Lipinski definition) is 1. The third kappa shape index (κ3) is 5.07. The third-order valence-electron chi connectivity index (χ3n) is 4.32. The largest absolute Gasteiger partial charge is 0.348 e. The van der Waals surface area contributed by atoms with E-state index < -0.39 is 26.9 Å². The van der Waals surface area contributed by atoms with Crippen molar-refractivity contribution >= 4 is 27.3 Å². The van der Waals surface area contributed by atoms with E-state index >= 15 is 0 Å². The van der Waals surface area contributed by atoms with E-state index in [1.807, 2.05) is 31.2 Å². The van der Waals surface area contributed by atoms with E-state index in [9.17, 15) is 23.3 Å². The lowest BCUT2D eigenvalue weighted by Gasteiger charge is -2.29. The molecule has 150 valence electrons. The molecule has 0 saturated heterocycles. The van der Waals surface area contributed by atoms with Crippen molar-refractivity contribution in [3.8, 4) is 0 Å². The van der Waals surface area contributed by atoms with Crippen molar-refractivity contribution in [3.05, 3.63) is 69.8 Å². The molecule has 2 aromatic rings. The Morgan fingerprint density at radius 1 is 1.14 bits per heavy atom. The van der Waals surface area contributed by atoms with Gasteiger partial charge in [0.25, 0.3) is 5.69 Å². The molecule has 0 heterocycles. The lowest BCUT2D eigenvalue weighted by atomic mass is 10.1. The number of nitro groups is 1.